The first kappa shape index (κ1) is 38.9. The van der Waals surface area contributed by atoms with Gasteiger partial charge in [0.15, 0.2) is 0 Å². The zero-order valence-corrected chi connectivity index (χ0v) is 26.3. The molecule has 0 heterocycles. The molecule has 40 heavy (non-hydrogen) atoms. The first-order chi connectivity index (χ1) is 19.6. The maximum Gasteiger partial charge on any atom is 0.308 e. The normalized spacial score (nSPS) is 11.3. The molecule has 0 aliphatic carbocycles. The summed E-state index contributed by atoms with van der Waals surface area (Å²) in [5.41, 5.74) is 0. The fourth-order valence-electron chi connectivity index (χ4n) is 5.16. The van der Waals surface area contributed by atoms with Gasteiger partial charge >= 0.3 is 11.9 Å². The largest absolute Gasteiger partial charge is 0.425 e. The van der Waals surface area contributed by atoms with Gasteiger partial charge in [0.05, 0.1) is 0 Å². The summed E-state index contributed by atoms with van der Waals surface area (Å²) in [4.78, 5) is 24.0. The highest BCUT2D eigenvalue weighted by atomic mass is 16.7. The number of hydrogen-bond acceptors (Lipinski definition) is 6. The number of rotatable bonds is 32. The summed E-state index contributed by atoms with van der Waals surface area (Å²) in [6.45, 7) is 2.28. The molecule has 0 bridgehead atoms. The standard InChI is InChI=1S/C34H66O6/c1-32(39-33(37)28-24-20-16-12-8-4-2-6-10-14-18-22-26-30-35)40-34(38)29-25-21-17-13-9-5-3-7-11-15-19-23-27-31-36/h32,35-36H,2-31H2,1H3. The monoisotopic (exact) mass is 570 g/mol. The van der Waals surface area contributed by atoms with E-state index >= 15 is 0 Å². The molecule has 0 saturated carbocycles. The highest BCUT2D eigenvalue weighted by Gasteiger charge is 2.13. The van der Waals surface area contributed by atoms with E-state index in [1.807, 2.05) is 0 Å². The van der Waals surface area contributed by atoms with Gasteiger partial charge in [-0.25, -0.2) is 0 Å². The van der Waals surface area contributed by atoms with Gasteiger partial charge in [-0.1, -0.05) is 141 Å². The van der Waals surface area contributed by atoms with Gasteiger partial charge in [-0.2, -0.15) is 0 Å². The van der Waals surface area contributed by atoms with Crippen molar-refractivity contribution in [2.24, 2.45) is 0 Å². The highest BCUT2D eigenvalue weighted by Crippen LogP contribution is 2.15. The molecule has 0 aromatic carbocycles. The SMILES string of the molecule is CC(OC(=O)CCCCCCCCCCCCCCCO)OC(=O)CCCCCCCCCCCCCCCO. The van der Waals surface area contributed by atoms with Gasteiger partial charge in [0.2, 0.25) is 6.29 Å². The van der Waals surface area contributed by atoms with Crippen LogP contribution in [0.25, 0.3) is 0 Å². The van der Waals surface area contributed by atoms with E-state index in [4.69, 9.17) is 19.7 Å². The van der Waals surface area contributed by atoms with Crippen molar-refractivity contribution in [1.82, 2.24) is 0 Å². The molecular weight excluding hydrogens is 504 g/mol. The molecule has 6 nitrogen and oxygen atoms in total. The number of carbonyl (C=O) groups is 2. The van der Waals surface area contributed by atoms with Crippen molar-refractivity contribution < 1.29 is 29.3 Å². The van der Waals surface area contributed by atoms with Crippen molar-refractivity contribution in [1.29, 1.82) is 0 Å². The Balaban J connectivity index is 3.40. The average Bonchev–Trinajstić information content (AvgIpc) is 2.93. The van der Waals surface area contributed by atoms with Crippen LogP contribution in [0.1, 0.15) is 187 Å². The second kappa shape index (κ2) is 32.4. The van der Waals surface area contributed by atoms with Crippen LogP contribution in [0.2, 0.25) is 0 Å². The molecule has 0 atom stereocenters. The zero-order valence-electron chi connectivity index (χ0n) is 26.3. The Morgan fingerprint density at radius 1 is 0.400 bits per heavy atom. The topological polar surface area (TPSA) is 93.1 Å². The summed E-state index contributed by atoms with van der Waals surface area (Å²) in [5, 5.41) is 17.5. The average molecular weight is 571 g/mol. The first-order valence-corrected chi connectivity index (χ1v) is 17.2. The molecule has 0 aliphatic rings. The van der Waals surface area contributed by atoms with E-state index in [0.717, 1.165) is 64.2 Å². The molecule has 6 heteroatoms. The second-order valence-electron chi connectivity index (χ2n) is 11.7. The van der Waals surface area contributed by atoms with Crippen LogP contribution in [0.3, 0.4) is 0 Å². The minimum Gasteiger partial charge on any atom is -0.425 e. The Bertz CT molecular complexity index is 493. The fourth-order valence-corrected chi connectivity index (χ4v) is 5.16. The Hall–Kier alpha value is -1.14. The number of aliphatic hydroxyl groups is 2. The van der Waals surface area contributed by atoms with Gasteiger partial charge in [0, 0.05) is 33.0 Å². The van der Waals surface area contributed by atoms with Gasteiger partial charge in [-0.05, 0) is 25.7 Å². The van der Waals surface area contributed by atoms with E-state index < -0.39 is 6.29 Å². The first-order valence-electron chi connectivity index (χ1n) is 17.2. The van der Waals surface area contributed by atoms with Crippen LogP contribution in [0.4, 0.5) is 0 Å². The van der Waals surface area contributed by atoms with E-state index in [1.54, 1.807) is 6.92 Å². The third-order valence-electron chi connectivity index (χ3n) is 7.67. The molecule has 0 fully saturated rings. The maximum absolute atomic E-state index is 12.0. The summed E-state index contributed by atoms with van der Waals surface area (Å²) in [6.07, 6.45) is 30.9. The predicted octanol–water partition coefficient (Wildman–Crippen LogP) is 9.33. The molecule has 0 aromatic heterocycles. The number of carbonyl (C=O) groups excluding carboxylic acids is 2. The van der Waals surface area contributed by atoms with Crippen LogP contribution in [0.15, 0.2) is 0 Å². The summed E-state index contributed by atoms with van der Waals surface area (Å²) in [5.74, 6) is -0.554. The molecular formula is C34H66O6. The summed E-state index contributed by atoms with van der Waals surface area (Å²) in [7, 11) is 0. The maximum atomic E-state index is 12.0. The van der Waals surface area contributed by atoms with Crippen molar-refractivity contribution >= 4 is 11.9 Å². The minimum absolute atomic E-state index is 0.277. The molecule has 0 radical (unpaired) electrons. The van der Waals surface area contributed by atoms with Crippen molar-refractivity contribution in [2.45, 2.75) is 193 Å². The molecule has 0 amide bonds. The van der Waals surface area contributed by atoms with Crippen molar-refractivity contribution in [3.8, 4) is 0 Å². The number of unbranched alkanes of at least 4 members (excludes halogenated alkanes) is 24. The van der Waals surface area contributed by atoms with Gasteiger partial charge < -0.3 is 19.7 Å². The second-order valence-corrected chi connectivity index (χ2v) is 11.7. The van der Waals surface area contributed by atoms with Gasteiger partial charge in [0.25, 0.3) is 0 Å². The number of hydrogen-bond donors (Lipinski definition) is 2. The van der Waals surface area contributed by atoms with Crippen molar-refractivity contribution in [3.05, 3.63) is 0 Å². The number of ether oxygens (including phenoxy) is 2. The molecule has 0 spiro atoms. The Morgan fingerprint density at radius 2 is 0.600 bits per heavy atom. The van der Waals surface area contributed by atoms with E-state index in [2.05, 4.69) is 0 Å². The van der Waals surface area contributed by atoms with E-state index in [0.29, 0.717) is 26.1 Å². The fraction of sp³-hybridized carbons (Fsp3) is 0.941. The summed E-state index contributed by atoms with van der Waals surface area (Å²) < 4.78 is 10.5. The van der Waals surface area contributed by atoms with Crippen LogP contribution in [0, 0.1) is 0 Å². The van der Waals surface area contributed by atoms with E-state index in [1.165, 1.54) is 103 Å². The van der Waals surface area contributed by atoms with Gasteiger partial charge in [-0.3, -0.25) is 9.59 Å². The Labute approximate surface area is 247 Å². The molecule has 0 aliphatic heterocycles. The summed E-state index contributed by atoms with van der Waals surface area (Å²) in [6, 6.07) is 0. The molecule has 0 unspecified atom stereocenters. The van der Waals surface area contributed by atoms with Gasteiger partial charge in [0.1, 0.15) is 0 Å². The van der Waals surface area contributed by atoms with Crippen LogP contribution in [0.5, 0.6) is 0 Å². The van der Waals surface area contributed by atoms with Crippen LogP contribution >= 0.6 is 0 Å². The van der Waals surface area contributed by atoms with Crippen LogP contribution in [-0.2, 0) is 19.1 Å². The quantitative estimate of drug-likeness (QED) is 0.0475. The predicted molar refractivity (Wildman–Crippen MR) is 165 cm³/mol. The third-order valence-corrected chi connectivity index (χ3v) is 7.67. The van der Waals surface area contributed by atoms with Gasteiger partial charge in [-0.15, -0.1) is 0 Å². The molecule has 0 saturated heterocycles. The molecule has 0 aromatic rings. The lowest BCUT2D eigenvalue weighted by Crippen LogP contribution is -2.21. The molecule has 2 N–H and O–H groups in total. The van der Waals surface area contributed by atoms with Crippen molar-refractivity contribution in [2.75, 3.05) is 13.2 Å². The van der Waals surface area contributed by atoms with E-state index in [-0.39, 0.29) is 11.9 Å². The lowest BCUT2D eigenvalue weighted by atomic mass is 10.0. The molecule has 0 rings (SSSR count). The highest BCUT2D eigenvalue weighted by molar-refractivity contribution is 5.71. The minimum atomic E-state index is -0.802. The Morgan fingerprint density at radius 3 is 0.825 bits per heavy atom. The smallest absolute Gasteiger partial charge is 0.308 e. The zero-order chi connectivity index (χ0) is 29.4. The Kier molecular flexibility index (Phi) is 31.5. The number of esters is 2. The van der Waals surface area contributed by atoms with E-state index in [9.17, 15) is 9.59 Å². The number of aliphatic hydroxyl groups excluding tert-OH is 2. The van der Waals surface area contributed by atoms with Crippen LogP contribution < -0.4 is 0 Å². The van der Waals surface area contributed by atoms with Crippen LogP contribution in [-0.4, -0.2) is 41.7 Å². The lowest BCUT2D eigenvalue weighted by Gasteiger charge is -2.14. The lowest BCUT2D eigenvalue weighted by molar-refractivity contribution is -0.184. The summed E-state index contributed by atoms with van der Waals surface area (Å²) >= 11 is 0. The molecule has 238 valence electrons. The third kappa shape index (κ3) is 31.4. The van der Waals surface area contributed by atoms with Crippen molar-refractivity contribution in [3.63, 3.8) is 0 Å².